The minimum atomic E-state index is 0.338. The van der Waals surface area contributed by atoms with Crippen LogP contribution in [0.1, 0.15) is 19.8 Å². The molecule has 0 saturated carbocycles. The molecule has 0 aromatic carbocycles. The van der Waals surface area contributed by atoms with Crippen molar-refractivity contribution in [3.63, 3.8) is 0 Å². The second-order valence-corrected chi connectivity index (χ2v) is 2.32. The minimum Gasteiger partial charge on any atom is -0.381 e. The van der Waals surface area contributed by atoms with E-state index in [0.717, 1.165) is 26.1 Å². The highest BCUT2D eigenvalue weighted by atomic mass is 16.5. The van der Waals surface area contributed by atoms with Gasteiger partial charge >= 0.3 is 0 Å². The quantitative estimate of drug-likeness (QED) is 0.417. The normalized spacial score (nSPS) is 12.5. The summed E-state index contributed by atoms with van der Waals surface area (Å²) in [5, 5.41) is 0. The third-order valence-corrected chi connectivity index (χ3v) is 1.27. The second kappa shape index (κ2) is 6.64. The minimum absolute atomic E-state index is 0.338. The predicted molar refractivity (Wildman–Crippen MR) is 43.4 cm³/mol. The van der Waals surface area contributed by atoms with Gasteiger partial charge in [-0.2, -0.15) is 0 Å². The Morgan fingerprint density at radius 3 is 2.80 bits per heavy atom. The van der Waals surface area contributed by atoms with Crippen LogP contribution in [0.2, 0.25) is 0 Å². The van der Waals surface area contributed by atoms with E-state index in [-0.39, 0.29) is 0 Å². The fraction of sp³-hybridized carbons (Fsp3) is 0.667. The first-order valence-electron chi connectivity index (χ1n) is 3.64. The first-order chi connectivity index (χ1) is 4.81. The van der Waals surface area contributed by atoms with Crippen molar-refractivity contribution in [3.8, 4) is 12.3 Å². The van der Waals surface area contributed by atoms with Crippen molar-refractivity contribution in [2.75, 3.05) is 13.2 Å². The van der Waals surface area contributed by atoms with Gasteiger partial charge in [0.15, 0.2) is 0 Å². The van der Waals surface area contributed by atoms with Crippen molar-refractivity contribution < 1.29 is 4.74 Å². The van der Waals surface area contributed by atoms with Crippen molar-refractivity contribution in [2.45, 2.75) is 19.8 Å². The summed E-state index contributed by atoms with van der Waals surface area (Å²) >= 11 is 0. The topological polar surface area (TPSA) is 9.23 Å². The van der Waals surface area contributed by atoms with Crippen molar-refractivity contribution in [1.29, 1.82) is 0 Å². The van der Waals surface area contributed by atoms with Crippen molar-refractivity contribution in [2.24, 2.45) is 5.92 Å². The van der Waals surface area contributed by atoms with Crippen LogP contribution in [-0.4, -0.2) is 13.2 Å². The average molecular weight is 139 g/mol. The molecule has 1 unspecified atom stereocenters. The van der Waals surface area contributed by atoms with E-state index in [2.05, 4.69) is 12.8 Å². The van der Waals surface area contributed by atoms with E-state index in [4.69, 9.17) is 11.2 Å². The van der Waals surface area contributed by atoms with Crippen LogP contribution >= 0.6 is 0 Å². The Kier molecular flexibility index (Phi) is 6.32. The lowest BCUT2D eigenvalue weighted by molar-refractivity contribution is 0.130. The van der Waals surface area contributed by atoms with Crippen LogP contribution < -0.4 is 0 Å². The smallest absolute Gasteiger partial charge is 0.0477 e. The molecule has 0 amide bonds. The van der Waals surface area contributed by atoms with Crippen molar-refractivity contribution in [1.82, 2.24) is 0 Å². The van der Waals surface area contributed by atoms with Crippen LogP contribution in [0.4, 0.5) is 0 Å². The van der Waals surface area contributed by atoms with Gasteiger partial charge in [-0.3, -0.25) is 0 Å². The van der Waals surface area contributed by atoms with Crippen molar-refractivity contribution in [3.05, 3.63) is 6.92 Å². The molecule has 1 nitrogen and oxygen atoms in total. The van der Waals surface area contributed by atoms with Gasteiger partial charge in [0.1, 0.15) is 0 Å². The Hall–Kier alpha value is -0.480. The Morgan fingerprint density at radius 1 is 1.60 bits per heavy atom. The van der Waals surface area contributed by atoms with Gasteiger partial charge in [-0.15, -0.1) is 12.3 Å². The molecule has 0 fully saturated rings. The van der Waals surface area contributed by atoms with Gasteiger partial charge in [0.05, 0.1) is 0 Å². The molecule has 0 bridgehead atoms. The highest BCUT2D eigenvalue weighted by molar-refractivity contribution is 4.89. The lowest BCUT2D eigenvalue weighted by Crippen LogP contribution is -2.00. The molecule has 0 spiro atoms. The lowest BCUT2D eigenvalue weighted by atomic mass is 10.1. The molecule has 1 atom stereocenters. The Morgan fingerprint density at radius 2 is 2.30 bits per heavy atom. The van der Waals surface area contributed by atoms with Crippen LogP contribution in [0.15, 0.2) is 0 Å². The van der Waals surface area contributed by atoms with E-state index in [0.29, 0.717) is 5.92 Å². The van der Waals surface area contributed by atoms with E-state index in [1.807, 2.05) is 6.92 Å². The van der Waals surface area contributed by atoms with Gasteiger partial charge in [-0.05, 0) is 12.8 Å². The number of ether oxygens (including phenoxy) is 1. The van der Waals surface area contributed by atoms with Gasteiger partial charge in [0.25, 0.3) is 0 Å². The molecule has 0 rings (SSSR count). The molecule has 1 heteroatoms. The van der Waals surface area contributed by atoms with Gasteiger partial charge in [-0.25, -0.2) is 0 Å². The molecule has 57 valence electrons. The Balaban J connectivity index is 2.98. The summed E-state index contributed by atoms with van der Waals surface area (Å²) in [4.78, 5) is 0. The maximum atomic E-state index is 5.20. The zero-order valence-electron chi connectivity index (χ0n) is 6.60. The molecule has 0 aliphatic heterocycles. The van der Waals surface area contributed by atoms with Crippen LogP contribution in [0.3, 0.4) is 0 Å². The van der Waals surface area contributed by atoms with Gasteiger partial charge < -0.3 is 4.74 Å². The summed E-state index contributed by atoms with van der Waals surface area (Å²) in [5.74, 6) is 2.98. The summed E-state index contributed by atoms with van der Waals surface area (Å²) in [6.07, 6.45) is 6.96. The number of terminal acetylenes is 1. The van der Waals surface area contributed by atoms with Crippen LogP contribution in [0.25, 0.3) is 0 Å². The van der Waals surface area contributed by atoms with E-state index in [1.165, 1.54) is 0 Å². The number of hydrogen-bond acceptors (Lipinski definition) is 1. The average Bonchev–Trinajstić information content (AvgIpc) is 1.98. The maximum absolute atomic E-state index is 5.20. The summed E-state index contributed by atoms with van der Waals surface area (Å²) in [6.45, 7) is 7.19. The molecular formula is C9H15O. The zero-order valence-corrected chi connectivity index (χ0v) is 6.60. The van der Waals surface area contributed by atoms with Gasteiger partial charge in [0, 0.05) is 19.1 Å². The van der Waals surface area contributed by atoms with Crippen LogP contribution in [-0.2, 0) is 4.74 Å². The zero-order chi connectivity index (χ0) is 7.82. The molecule has 0 aromatic rings. The molecule has 0 saturated heterocycles. The summed E-state index contributed by atoms with van der Waals surface area (Å²) in [7, 11) is 0. The van der Waals surface area contributed by atoms with Gasteiger partial charge in [-0.1, -0.05) is 13.8 Å². The molecule has 0 aliphatic rings. The summed E-state index contributed by atoms with van der Waals surface area (Å²) in [6, 6.07) is 0. The predicted octanol–water partition coefficient (Wildman–Crippen LogP) is 1.89. The maximum Gasteiger partial charge on any atom is 0.0477 e. The molecular weight excluding hydrogens is 124 g/mol. The molecule has 0 aromatic heterocycles. The lowest BCUT2D eigenvalue weighted by Gasteiger charge is -2.03. The fourth-order valence-corrected chi connectivity index (χ4v) is 0.548. The molecule has 0 aliphatic carbocycles. The molecule has 0 heterocycles. The molecule has 0 N–H and O–H groups in total. The molecule has 10 heavy (non-hydrogen) atoms. The Bertz CT molecular complexity index is 102. The van der Waals surface area contributed by atoms with E-state index >= 15 is 0 Å². The second-order valence-electron chi connectivity index (χ2n) is 2.32. The van der Waals surface area contributed by atoms with E-state index in [9.17, 15) is 0 Å². The highest BCUT2D eigenvalue weighted by Crippen LogP contribution is 1.98. The van der Waals surface area contributed by atoms with E-state index < -0.39 is 0 Å². The van der Waals surface area contributed by atoms with Crippen LogP contribution in [0, 0.1) is 25.2 Å². The molecule has 1 radical (unpaired) electrons. The summed E-state index contributed by atoms with van der Waals surface area (Å²) < 4.78 is 5.20. The third kappa shape index (κ3) is 5.65. The van der Waals surface area contributed by atoms with E-state index in [1.54, 1.807) is 0 Å². The fourth-order valence-electron chi connectivity index (χ4n) is 0.548. The number of rotatable bonds is 5. The first-order valence-corrected chi connectivity index (χ1v) is 3.64. The Labute approximate surface area is 63.8 Å². The standard InChI is InChI=1S/C9H15O/c1-4-7-10-8-6-9(3)5-2/h2,9H,1,4,6-8H2,3H3. The first kappa shape index (κ1) is 9.52. The largest absolute Gasteiger partial charge is 0.381 e. The summed E-state index contributed by atoms with van der Waals surface area (Å²) in [5.41, 5.74) is 0. The monoisotopic (exact) mass is 139 g/mol. The highest BCUT2D eigenvalue weighted by Gasteiger charge is 1.94. The van der Waals surface area contributed by atoms with Crippen molar-refractivity contribution >= 4 is 0 Å². The SMILES string of the molecule is C#CC(C)CCOCC[CH2]. The van der Waals surface area contributed by atoms with Gasteiger partial charge in [0.2, 0.25) is 0 Å². The number of hydrogen-bond donors (Lipinski definition) is 0. The van der Waals surface area contributed by atoms with Crippen LogP contribution in [0.5, 0.6) is 0 Å². The third-order valence-electron chi connectivity index (χ3n) is 1.27.